The summed E-state index contributed by atoms with van der Waals surface area (Å²) in [5.41, 5.74) is 2.63. The van der Waals surface area contributed by atoms with Gasteiger partial charge in [-0.15, -0.1) is 11.3 Å². The summed E-state index contributed by atoms with van der Waals surface area (Å²) in [7, 11) is 2.14. The fourth-order valence-corrected chi connectivity index (χ4v) is 4.75. The molecule has 2 aliphatic rings. The standard InChI is InChI=1S/C18H18N4OS/c1-21-9-13-8-12(21)10-22(13)18(23)17-14-5-4-11(7-15(14)19-20-17)16-3-2-6-24-16/h2-7,12-13H,8-10H2,1H3,(H,19,20). The van der Waals surface area contributed by atoms with Crippen LogP contribution in [0.15, 0.2) is 35.7 Å². The number of benzene rings is 1. The van der Waals surface area contributed by atoms with Crippen molar-refractivity contribution in [3.8, 4) is 10.4 Å². The molecule has 4 heterocycles. The second kappa shape index (κ2) is 5.16. The van der Waals surface area contributed by atoms with Gasteiger partial charge in [0.25, 0.3) is 5.91 Å². The third-order valence-electron chi connectivity index (χ3n) is 5.35. The molecule has 2 bridgehead atoms. The number of hydrogen-bond donors (Lipinski definition) is 1. The summed E-state index contributed by atoms with van der Waals surface area (Å²) in [5, 5.41) is 10.4. The van der Waals surface area contributed by atoms with E-state index < -0.39 is 0 Å². The molecular formula is C18H18N4OS. The number of carbonyl (C=O) groups is 1. The Kier molecular flexibility index (Phi) is 3.05. The minimum Gasteiger partial charge on any atom is -0.331 e. The van der Waals surface area contributed by atoms with Gasteiger partial charge in [0, 0.05) is 35.4 Å². The van der Waals surface area contributed by atoms with Gasteiger partial charge in [0.1, 0.15) is 0 Å². The number of fused-ring (bicyclic) bond motifs is 3. The van der Waals surface area contributed by atoms with Crippen molar-refractivity contribution in [3.05, 3.63) is 41.4 Å². The van der Waals surface area contributed by atoms with E-state index in [0.29, 0.717) is 17.8 Å². The van der Waals surface area contributed by atoms with Crippen LogP contribution in [0.3, 0.4) is 0 Å². The van der Waals surface area contributed by atoms with Crippen molar-refractivity contribution in [1.29, 1.82) is 0 Å². The average molecular weight is 338 g/mol. The highest BCUT2D eigenvalue weighted by Gasteiger charge is 2.44. The van der Waals surface area contributed by atoms with Crippen molar-refractivity contribution >= 4 is 28.1 Å². The van der Waals surface area contributed by atoms with E-state index in [-0.39, 0.29) is 5.91 Å². The van der Waals surface area contributed by atoms with Crippen LogP contribution in [0.25, 0.3) is 21.3 Å². The summed E-state index contributed by atoms with van der Waals surface area (Å²) in [6.45, 7) is 1.79. The lowest BCUT2D eigenvalue weighted by molar-refractivity contribution is 0.0646. The first-order valence-corrected chi connectivity index (χ1v) is 9.12. The largest absolute Gasteiger partial charge is 0.331 e. The zero-order chi connectivity index (χ0) is 16.3. The Labute approximate surface area is 143 Å². The molecule has 1 N–H and O–H groups in total. The van der Waals surface area contributed by atoms with Crippen LogP contribution < -0.4 is 0 Å². The van der Waals surface area contributed by atoms with Crippen molar-refractivity contribution < 1.29 is 4.79 Å². The van der Waals surface area contributed by atoms with Gasteiger partial charge in [-0.2, -0.15) is 5.10 Å². The highest BCUT2D eigenvalue weighted by molar-refractivity contribution is 7.13. The smallest absolute Gasteiger partial charge is 0.275 e. The lowest BCUT2D eigenvalue weighted by Gasteiger charge is -2.31. The number of nitrogens with zero attached hydrogens (tertiary/aromatic N) is 3. The third kappa shape index (κ3) is 2.03. The summed E-state index contributed by atoms with van der Waals surface area (Å²) in [4.78, 5) is 18.5. The molecule has 0 radical (unpaired) electrons. The molecular weight excluding hydrogens is 320 g/mol. The van der Waals surface area contributed by atoms with Gasteiger partial charge in [0.2, 0.25) is 0 Å². The molecule has 122 valence electrons. The minimum absolute atomic E-state index is 0.0609. The van der Waals surface area contributed by atoms with Crippen LogP contribution in [0.5, 0.6) is 0 Å². The maximum atomic E-state index is 13.0. The van der Waals surface area contributed by atoms with Crippen molar-refractivity contribution in [3.63, 3.8) is 0 Å². The van der Waals surface area contributed by atoms with Gasteiger partial charge < -0.3 is 4.90 Å². The number of piperazine rings is 1. The first-order chi connectivity index (χ1) is 11.7. The van der Waals surface area contributed by atoms with Crippen molar-refractivity contribution in [1.82, 2.24) is 20.0 Å². The highest BCUT2D eigenvalue weighted by Crippen LogP contribution is 2.32. The number of carbonyl (C=O) groups excluding carboxylic acids is 1. The molecule has 3 aromatic rings. The zero-order valence-corrected chi connectivity index (χ0v) is 14.2. The van der Waals surface area contributed by atoms with E-state index in [2.05, 4.69) is 45.7 Å². The van der Waals surface area contributed by atoms with Crippen molar-refractivity contribution in [2.24, 2.45) is 0 Å². The van der Waals surface area contributed by atoms with Crippen LogP contribution in [-0.4, -0.2) is 58.1 Å². The summed E-state index contributed by atoms with van der Waals surface area (Å²) >= 11 is 1.71. The maximum Gasteiger partial charge on any atom is 0.275 e. The van der Waals surface area contributed by atoms with E-state index in [1.54, 1.807) is 11.3 Å². The van der Waals surface area contributed by atoms with Crippen molar-refractivity contribution in [2.75, 3.05) is 20.1 Å². The van der Waals surface area contributed by atoms with Gasteiger partial charge in [0.15, 0.2) is 5.69 Å². The molecule has 2 aliphatic heterocycles. The SMILES string of the molecule is CN1CC2CC1CN2C(=O)c1n[nH]c2cc(-c3cccs3)ccc12. The molecule has 6 heteroatoms. The second-order valence-corrected chi connectivity index (χ2v) is 7.70. The lowest BCUT2D eigenvalue weighted by Crippen LogP contribution is -2.47. The number of likely N-dealkylation sites (tertiary alicyclic amines) is 2. The third-order valence-corrected chi connectivity index (χ3v) is 6.27. The summed E-state index contributed by atoms with van der Waals surface area (Å²) < 4.78 is 0. The number of nitrogens with one attached hydrogen (secondary N) is 1. The summed E-state index contributed by atoms with van der Waals surface area (Å²) in [6.07, 6.45) is 1.09. The second-order valence-electron chi connectivity index (χ2n) is 6.75. The number of amides is 1. The fraction of sp³-hybridized carbons (Fsp3) is 0.333. The molecule has 2 unspecified atom stereocenters. The molecule has 1 amide bonds. The van der Waals surface area contributed by atoms with Crippen LogP contribution in [0.1, 0.15) is 16.9 Å². The molecule has 2 fully saturated rings. The van der Waals surface area contributed by atoms with Gasteiger partial charge in [-0.1, -0.05) is 12.1 Å². The number of thiophene rings is 1. The normalized spacial score (nSPS) is 23.5. The van der Waals surface area contributed by atoms with Crippen LogP contribution in [0.2, 0.25) is 0 Å². The molecule has 2 atom stereocenters. The number of likely N-dealkylation sites (N-methyl/N-ethyl adjacent to an activating group) is 1. The Morgan fingerprint density at radius 2 is 2.21 bits per heavy atom. The number of aromatic nitrogens is 2. The number of rotatable bonds is 2. The number of hydrogen-bond acceptors (Lipinski definition) is 4. The van der Waals surface area contributed by atoms with Gasteiger partial charge >= 0.3 is 0 Å². The lowest BCUT2D eigenvalue weighted by atomic mass is 10.1. The van der Waals surface area contributed by atoms with E-state index in [9.17, 15) is 4.79 Å². The van der Waals surface area contributed by atoms with E-state index in [1.807, 2.05) is 17.0 Å². The molecule has 24 heavy (non-hydrogen) atoms. The Hall–Kier alpha value is -2.18. The molecule has 5 rings (SSSR count). The number of H-pyrrole nitrogens is 1. The minimum atomic E-state index is 0.0609. The van der Waals surface area contributed by atoms with Gasteiger partial charge in [-0.25, -0.2) is 0 Å². The van der Waals surface area contributed by atoms with Crippen LogP contribution in [0.4, 0.5) is 0 Å². The molecule has 0 spiro atoms. The topological polar surface area (TPSA) is 52.2 Å². The van der Waals surface area contributed by atoms with Gasteiger partial charge in [0.05, 0.1) is 5.52 Å². The highest BCUT2D eigenvalue weighted by atomic mass is 32.1. The molecule has 2 saturated heterocycles. The Morgan fingerprint density at radius 3 is 2.92 bits per heavy atom. The van der Waals surface area contributed by atoms with Gasteiger partial charge in [-0.3, -0.25) is 14.8 Å². The monoisotopic (exact) mass is 338 g/mol. The average Bonchev–Trinajstić information content (AvgIpc) is 3.35. The Balaban J connectivity index is 1.48. The first kappa shape index (κ1) is 14.2. The zero-order valence-electron chi connectivity index (χ0n) is 13.4. The fourth-order valence-electron chi connectivity index (χ4n) is 4.03. The predicted octanol–water partition coefficient (Wildman–Crippen LogP) is 2.82. The number of aromatic amines is 1. The summed E-state index contributed by atoms with van der Waals surface area (Å²) in [6, 6.07) is 11.2. The van der Waals surface area contributed by atoms with E-state index >= 15 is 0 Å². The molecule has 2 aromatic heterocycles. The summed E-state index contributed by atoms with van der Waals surface area (Å²) in [5.74, 6) is 0.0609. The Bertz CT molecular complexity index is 914. The van der Waals surface area contributed by atoms with Gasteiger partial charge in [-0.05, 0) is 42.6 Å². The molecule has 0 aliphatic carbocycles. The first-order valence-electron chi connectivity index (χ1n) is 8.24. The van der Waals surface area contributed by atoms with Crippen LogP contribution in [-0.2, 0) is 0 Å². The van der Waals surface area contributed by atoms with E-state index in [0.717, 1.165) is 36.0 Å². The molecule has 5 nitrogen and oxygen atoms in total. The maximum absolute atomic E-state index is 13.0. The predicted molar refractivity (Wildman–Crippen MR) is 95.3 cm³/mol. The Morgan fingerprint density at radius 1 is 1.29 bits per heavy atom. The molecule has 0 saturated carbocycles. The van der Waals surface area contributed by atoms with E-state index in [1.165, 1.54) is 4.88 Å². The van der Waals surface area contributed by atoms with Crippen molar-refractivity contribution in [2.45, 2.75) is 18.5 Å². The van der Waals surface area contributed by atoms with Crippen LogP contribution >= 0.6 is 11.3 Å². The quantitative estimate of drug-likeness (QED) is 0.782. The molecule has 1 aromatic carbocycles. The van der Waals surface area contributed by atoms with Crippen LogP contribution in [0, 0.1) is 0 Å². The van der Waals surface area contributed by atoms with E-state index in [4.69, 9.17) is 0 Å².